The van der Waals surface area contributed by atoms with Crippen LogP contribution in [0.2, 0.25) is 0 Å². The number of rotatable bonds is 5. The average molecular weight is 428 g/mol. The van der Waals surface area contributed by atoms with Crippen LogP contribution >= 0.6 is 0 Å². The van der Waals surface area contributed by atoms with Crippen molar-refractivity contribution in [3.63, 3.8) is 0 Å². The molecule has 31 heavy (non-hydrogen) atoms. The van der Waals surface area contributed by atoms with E-state index in [0.29, 0.717) is 48.4 Å². The van der Waals surface area contributed by atoms with Crippen molar-refractivity contribution in [1.29, 1.82) is 0 Å². The predicted octanol–water partition coefficient (Wildman–Crippen LogP) is 2.04. The van der Waals surface area contributed by atoms with E-state index in [1.54, 1.807) is 24.3 Å². The summed E-state index contributed by atoms with van der Waals surface area (Å²) in [5, 5.41) is 13.0. The number of hydrogen-bond donors (Lipinski definition) is 4. The Morgan fingerprint density at radius 3 is 2.71 bits per heavy atom. The number of nitrogens with one attached hydrogen (secondary N) is 1. The van der Waals surface area contributed by atoms with Crippen LogP contribution in [0.3, 0.4) is 0 Å². The van der Waals surface area contributed by atoms with Crippen molar-refractivity contribution in [3.05, 3.63) is 76.8 Å². The number of aromatic hydroxyl groups is 1. The highest BCUT2D eigenvalue weighted by Gasteiger charge is 2.37. The molecule has 0 aromatic heterocycles. The van der Waals surface area contributed by atoms with Crippen molar-refractivity contribution < 1.29 is 23.4 Å². The van der Waals surface area contributed by atoms with Crippen LogP contribution < -0.4 is 21.5 Å². The molecule has 2 aromatic carbocycles. The van der Waals surface area contributed by atoms with Gasteiger partial charge in [-0.1, -0.05) is 0 Å². The van der Waals surface area contributed by atoms with Crippen LogP contribution in [0.1, 0.15) is 22.3 Å². The number of halogens is 2. The smallest absolute Gasteiger partial charge is 0.168 e. The Balaban J connectivity index is 1.56. The van der Waals surface area contributed by atoms with Crippen molar-refractivity contribution in [2.75, 3.05) is 13.1 Å². The molecular weight excluding hydrogens is 406 g/mol. The summed E-state index contributed by atoms with van der Waals surface area (Å²) in [5.41, 5.74) is 13.1. The zero-order valence-corrected chi connectivity index (χ0v) is 16.5. The first kappa shape index (κ1) is 20.5. The number of allylic oxidation sites excluding steroid dienone is 1. The van der Waals surface area contributed by atoms with Crippen molar-refractivity contribution in [3.8, 4) is 11.5 Å². The number of phenols is 1. The van der Waals surface area contributed by atoms with Crippen molar-refractivity contribution in [2.24, 2.45) is 11.5 Å². The number of phenolic OH excluding ortho intramolecular Hbond substituents is 1. The second-order valence-corrected chi connectivity index (χ2v) is 7.53. The van der Waals surface area contributed by atoms with Gasteiger partial charge in [-0.2, -0.15) is 0 Å². The summed E-state index contributed by atoms with van der Waals surface area (Å²) in [4.78, 5) is 12.8. The molecule has 1 saturated heterocycles. The standard InChI is InChI=1S/C22H22F2N4O3/c23-13-5-17(21(30)18(24)6-13)19(25)8-20-22(26)27-9-14-7-16(10-28(14)20)31-15-3-1-12(11-29)2-4-15/h1-6,8,11,14,16,27,30H,7,9-10,25-26H2/b19-8-. The molecule has 0 saturated carbocycles. The largest absolute Gasteiger partial charge is 0.504 e. The van der Waals surface area contributed by atoms with E-state index in [-0.39, 0.29) is 23.4 Å². The number of fused-ring (bicyclic) bond motifs is 1. The molecule has 0 aliphatic carbocycles. The highest BCUT2D eigenvalue weighted by molar-refractivity contribution is 5.74. The Labute approximate surface area is 177 Å². The second kappa shape index (κ2) is 8.17. The molecular formula is C22H22F2N4O3. The molecule has 2 aliphatic rings. The molecule has 2 unspecified atom stereocenters. The summed E-state index contributed by atoms with van der Waals surface area (Å²) in [7, 11) is 0. The summed E-state index contributed by atoms with van der Waals surface area (Å²) in [6.45, 7) is 1.12. The maximum absolute atomic E-state index is 13.7. The number of benzene rings is 2. The van der Waals surface area contributed by atoms with E-state index in [1.807, 2.05) is 4.90 Å². The van der Waals surface area contributed by atoms with Crippen LogP contribution in [0.5, 0.6) is 11.5 Å². The van der Waals surface area contributed by atoms with Crippen LogP contribution in [0.25, 0.3) is 5.70 Å². The van der Waals surface area contributed by atoms with E-state index in [9.17, 15) is 18.7 Å². The molecule has 2 aromatic rings. The van der Waals surface area contributed by atoms with E-state index in [4.69, 9.17) is 16.2 Å². The number of nitrogens with zero attached hydrogens (tertiary/aromatic N) is 1. The van der Waals surface area contributed by atoms with E-state index in [2.05, 4.69) is 5.32 Å². The van der Waals surface area contributed by atoms with Gasteiger partial charge in [-0.05, 0) is 36.4 Å². The fourth-order valence-electron chi connectivity index (χ4n) is 3.91. The predicted molar refractivity (Wildman–Crippen MR) is 111 cm³/mol. The lowest BCUT2D eigenvalue weighted by Crippen LogP contribution is -2.45. The van der Waals surface area contributed by atoms with Gasteiger partial charge in [-0.25, -0.2) is 8.78 Å². The first-order valence-corrected chi connectivity index (χ1v) is 9.73. The van der Waals surface area contributed by atoms with Crippen LogP contribution in [-0.2, 0) is 0 Å². The summed E-state index contributed by atoms with van der Waals surface area (Å²) in [5.74, 6) is -1.65. The molecule has 4 rings (SSSR count). The maximum Gasteiger partial charge on any atom is 0.168 e. The molecule has 0 amide bonds. The van der Waals surface area contributed by atoms with Gasteiger partial charge in [0.25, 0.3) is 0 Å². The van der Waals surface area contributed by atoms with Gasteiger partial charge in [0.15, 0.2) is 11.6 Å². The van der Waals surface area contributed by atoms with Crippen LogP contribution in [0.4, 0.5) is 8.78 Å². The molecule has 0 bridgehead atoms. The lowest BCUT2D eigenvalue weighted by molar-refractivity contribution is 0.112. The quantitative estimate of drug-likeness (QED) is 0.539. The second-order valence-electron chi connectivity index (χ2n) is 7.53. The van der Waals surface area contributed by atoms with Gasteiger partial charge in [0.05, 0.1) is 18.3 Å². The minimum absolute atomic E-state index is 0.0230. The molecule has 1 fully saturated rings. The third-order valence-electron chi connectivity index (χ3n) is 5.44. The summed E-state index contributed by atoms with van der Waals surface area (Å²) < 4.78 is 33.4. The van der Waals surface area contributed by atoms with Gasteiger partial charge >= 0.3 is 0 Å². The fourth-order valence-corrected chi connectivity index (χ4v) is 3.91. The van der Waals surface area contributed by atoms with Crippen LogP contribution in [0, 0.1) is 11.6 Å². The Morgan fingerprint density at radius 1 is 1.26 bits per heavy atom. The highest BCUT2D eigenvalue weighted by Crippen LogP contribution is 2.32. The van der Waals surface area contributed by atoms with Gasteiger partial charge in [0.2, 0.25) is 0 Å². The lowest BCUT2D eigenvalue weighted by atomic mass is 10.1. The number of carbonyl (C=O) groups excluding carboxylic acids is 1. The minimum atomic E-state index is -1.09. The zero-order chi connectivity index (χ0) is 22.1. The molecule has 162 valence electrons. The Kier molecular flexibility index (Phi) is 5.41. The van der Waals surface area contributed by atoms with Gasteiger partial charge < -0.3 is 31.5 Å². The van der Waals surface area contributed by atoms with Gasteiger partial charge in [0, 0.05) is 35.9 Å². The lowest BCUT2D eigenvalue weighted by Gasteiger charge is -2.34. The maximum atomic E-state index is 13.7. The summed E-state index contributed by atoms with van der Waals surface area (Å²) in [6.07, 6.45) is 2.84. The first-order chi connectivity index (χ1) is 14.9. The van der Waals surface area contributed by atoms with E-state index in [0.717, 1.165) is 12.4 Å². The molecule has 0 radical (unpaired) electrons. The average Bonchev–Trinajstić information content (AvgIpc) is 3.16. The third-order valence-corrected chi connectivity index (χ3v) is 5.44. The fraction of sp³-hybridized carbons (Fsp3) is 0.227. The topological polar surface area (TPSA) is 114 Å². The molecule has 0 spiro atoms. The Bertz CT molecular complexity index is 1070. The molecule has 7 nitrogen and oxygen atoms in total. The normalized spacial score (nSPS) is 21.0. The number of carbonyl (C=O) groups is 1. The van der Waals surface area contributed by atoms with Gasteiger partial charge in [-0.3, -0.25) is 4.79 Å². The number of ether oxygens (including phenoxy) is 1. The van der Waals surface area contributed by atoms with Crippen molar-refractivity contribution >= 4 is 12.0 Å². The first-order valence-electron chi connectivity index (χ1n) is 9.73. The third kappa shape index (κ3) is 4.11. The monoisotopic (exact) mass is 428 g/mol. The van der Waals surface area contributed by atoms with E-state index in [1.165, 1.54) is 6.08 Å². The van der Waals surface area contributed by atoms with E-state index >= 15 is 0 Å². The molecule has 2 heterocycles. The minimum Gasteiger partial charge on any atom is -0.504 e. The molecule has 2 aliphatic heterocycles. The summed E-state index contributed by atoms with van der Waals surface area (Å²) in [6, 6.07) is 8.47. The molecule has 2 atom stereocenters. The Morgan fingerprint density at radius 2 is 2.00 bits per heavy atom. The SMILES string of the molecule is NC1=C(/C=C(\N)c2cc(F)cc(F)c2O)N2CC(Oc3ccc(C=O)cc3)CC2CN1. The van der Waals surface area contributed by atoms with E-state index < -0.39 is 17.4 Å². The number of nitrogens with two attached hydrogens (primary N) is 2. The highest BCUT2D eigenvalue weighted by atomic mass is 19.1. The zero-order valence-electron chi connectivity index (χ0n) is 16.5. The number of hydrogen-bond acceptors (Lipinski definition) is 7. The number of aldehydes is 1. The van der Waals surface area contributed by atoms with Crippen molar-refractivity contribution in [2.45, 2.75) is 18.6 Å². The van der Waals surface area contributed by atoms with Crippen LogP contribution in [-0.4, -0.2) is 41.5 Å². The van der Waals surface area contributed by atoms with Crippen LogP contribution in [0.15, 0.2) is 54.0 Å². The summed E-state index contributed by atoms with van der Waals surface area (Å²) >= 11 is 0. The molecule has 6 N–H and O–H groups in total. The molecule has 9 heteroatoms. The van der Waals surface area contributed by atoms with Gasteiger partial charge in [0.1, 0.15) is 29.8 Å². The van der Waals surface area contributed by atoms with Crippen molar-refractivity contribution in [1.82, 2.24) is 10.2 Å². The van der Waals surface area contributed by atoms with Gasteiger partial charge in [-0.15, -0.1) is 0 Å². The Hall–Kier alpha value is -3.75.